The monoisotopic (exact) mass is 526 g/mol. The number of hydrogen-bond donors (Lipinski definition) is 2. The van der Waals surface area contributed by atoms with Crippen LogP contribution >= 0.6 is 23.1 Å². The highest BCUT2D eigenvalue weighted by atomic mass is 32.2. The van der Waals surface area contributed by atoms with Gasteiger partial charge in [-0.05, 0) is 80.1 Å². The summed E-state index contributed by atoms with van der Waals surface area (Å²) in [5, 5.41) is 6.26. The van der Waals surface area contributed by atoms with Gasteiger partial charge >= 0.3 is 5.97 Å². The maximum absolute atomic E-state index is 13.1. The fourth-order valence-electron chi connectivity index (χ4n) is 4.04. The van der Waals surface area contributed by atoms with Gasteiger partial charge in [0.1, 0.15) is 10.8 Å². The van der Waals surface area contributed by atoms with Crippen LogP contribution in [0.25, 0.3) is 0 Å². The normalized spacial score (nSPS) is 14.6. The number of anilines is 2. The van der Waals surface area contributed by atoms with E-state index in [2.05, 4.69) is 17.6 Å². The Balaban J connectivity index is 1.40. The number of carbonyl (C=O) groups excluding carboxylic acids is 3. The van der Waals surface area contributed by atoms with Crippen LogP contribution in [0.2, 0.25) is 0 Å². The number of thioether (sulfide) groups is 1. The van der Waals surface area contributed by atoms with Gasteiger partial charge in [0.2, 0.25) is 5.91 Å². The highest BCUT2D eigenvalue weighted by molar-refractivity contribution is 8.00. The Morgan fingerprint density at radius 1 is 1.14 bits per heavy atom. The summed E-state index contributed by atoms with van der Waals surface area (Å²) in [4.78, 5) is 39.8. The largest absolute Gasteiger partial charge is 0.462 e. The number of halogens is 1. The highest BCUT2D eigenvalue weighted by Crippen LogP contribution is 2.40. The number of amides is 2. The minimum Gasteiger partial charge on any atom is -0.462 e. The molecule has 0 fully saturated rings. The summed E-state index contributed by atoms with van der Waals surface area (Å²) in [7, 11) is 0. The molecule has 0 saturated carbocycles. The molecule has 36 heavy (non-hydrogen) atoms. The van der Waals surface area contributed by atoms with Crippen molar-refractivity contribution in [2.24, 2.45) is 5.92 Å². The lowest BCUT2D eigenvalue weighted by Crippen LogP contribution is -2.17. The average Bonchev–Trinajstić information content (AvgIpc) is 3.20. The number of nitrogens with one attached hydrogen (secondary N) is 2. The van der Waals surface area contributed by atoms with Crippen molar-refractivity contribution < 1.29 is 23.5 Å². The predicted octanol–water partition coefficient (Wildman–Crippen LogP) is 6.17. The van der Waals surface area contributed by atoms with Crippen molar-refractivity contribution in [3.63, 3.8) is 0 Å². The molecule has 1 aromatic heterocycles. The second-order valence-electron chi connectivity index (χ2n) is 8.60. The number of benzene rings is 2. The van der Waals surface area contributed by atoms with Gasteiger partial charge in [-0.1, -0.05) is 13.0 Å². The van der Waals surface area contributed by atoms with E-state index >= 15 is 0 Å². The molecule has 1 heterocycles. The van der Waals surface area contributed by atoms with Crippen molar-refractivity contribution in [1.82, 2.24) is 0 Å². The molecule has 2 aromatic carbocycles. The molecule has 3 aromatic rings. The molecular formula is C27H27FN2O4S2. The van der Waals surface area contributed by atoms with E-state index in [1.54, 1.807) is 25.1 Å². The van der Waals surface area contributed by atoms with Crippen molar-refractivity contribution in [3.05, 3.63) is 75.9 Å². The van der Waals surface area contributed by atoms with Gasteiger partial charge in [0.05, 0.1) is 17.9 Å². The maximum Gasteiger partial charge on any atom is 0.341 e. The molecule has 188 valence electrons. The molecule has 2 N–H and O–H groups in total. The zero-order valence-corrected chi connectivity index (χ0v) is 21.7. The van der Waals surface area contributed by atoms with Crippen LogP contribution < -0.4 is 10.6 Å². The van der Waals surface area contributed by atoms with Crippen molar-refractivity contribution in [1.29, 1.82) is 0 Å². The van der Waals surface area contributed by atoms with E-state index in [4.69, 9.17) is 4.74 Å². The van der Waals surface area contributed by atoms with Gasteiger partial charge in [-0.3, -0.25) is 9.59 Å². The molecule has 0 spiro atoms. The molecule has 0 saturated heterocycles. The van der Waals surface area contributed by atoms with Crippen LogP contribution in [0.15, 0.2) is 53.4 Å². The van der Waals surface area contributed by atoms with E-state index < -0.39 is 11.8 Å². The lowest BCUT2D eigenvalue weighted by atomic mass is 9.88. The molecule has 6 nitrogen and oxygen atoms in total. The van der Waals surface area contributed by atoms with E-state index in [1.807, 2.05) is 6.07 Å². The third kappa shape index (κ3) is 6.33. The summed E-state index contributed by atoms with van der Waals surface area (Å²) in [6.07, 6.45) is 2.71. The summed E-state index contributed by atoms with van der Waals surface area (Å²) in [5.41, 5.74) is 2.41. The summed E-state index contributed by atoms with van der Waals surface area (Å²) < 4.78 is 18.4. The zero-order chi connectivity index (χ0) is 25.7. The first-order chi connectivity index (χ1) is 17.3. The van der Waals surface area contributed by atoms with Gasteiger partial charge < -0.3 is 15.4 Å². The van der Waals surface area contributed by atoms with Gasteiger partial charge in [0, 0.05) is 21.0 Å². The van der Waals surface area contributed by atoms with E-state index in [0.717, 1.165) is 34.6 Å². The third-order valence-corrected chi connectivity index (χ3v) is 7.98. The topological polar surface area (TPSA) is 84.5 Å². The number of fused-ring (bicyclic) bond motifs is 1. The van der Waals surface area contributed by atoms with Gasteiger partial charge in [-0.2, -0.15) is 0 Å². The first kappa shape index (κ1) is 25.9. The Labute approximate surface area is 217 Å². The smallest absolute Gasteiger partial charge is 0.341 e. The Hall–Kier alpha value is -3.17. The lowest BCUT2D eigenvalue weighted by molar-refractivity contribution is -0.113. The Bertz CT molecular complexity index is 1270. The van der Waals surface area contributed by atoms with Gasteiger partial charge in [0.15, 0.2) is 0 Å². The van der Waals surface area contributed by atoms with E-state index in [9.17, 15) is 18.8 Å². The SMILES string of the molecule is CCOC(=O)c1c(NC(=O)CSc2cccc(NC(=O)c3ccc(F)cc3)c2)sc2c1CCC(C)C2. The predicted molar refractivity (Wildman–Crippen MR) is 142 cm³/mol. The molecule has 1 unspecified atom stereocenters. The van der Waals surface area contributed by atoms with Crippen molar-refractivity contribution >= 4 is 51.6 Å². The fourth-order valence-corrected chi connectivity index (χ4v) is 6.21. The van der Waals surface area contributed by atoms with E-state index in [0.29, 0.717) is 27.7 Å². The quantitative estimate of drug-likeness (QED) is 0.271. The first-order valence-corrected chi connectivity index (χ1v) is 13.6. The highest BCUT2D eigenvalue weighted by Gasteiger charge is 2.29. The molecule has 0 aliphatic heterocycles. The van der Waals surface area contributed by atoms with Crippen LogP contribution in [0.3, 0.4) is 0 Å². The van der Waals surface area contributed by atoms with Crippen molar-refractivity contribution in [2.75, 3.05) is 23.0 Å². The Morgan fingerprint density at radius 3 is 2.67 bits per heavy atom. The van der Waals surface area contributed by atoms with Crippen molar-refractivity contribution in [3.8, 4) is 0 Å². The summed E-state index contributed by atoms with van der Waals surface area (Å²) in [6.45, 7) is 4.23. The number of thiophene rings is 1. The Morgan fingerprint density at radius 2 is 1.92 bits per heavy atom. The molecule has 2 amide bonds. The molecule has 4 rings (SSSR count). The second-order valence-corrected chi connectivity index (χ2v) is 10.8. The molecule has 1 aliphatic carbocycles. The number of ether oxygens (including phenoxy) is 1. The third-order valence-electron chi connectivity index (χ3n) is 5.81. The van der Waals surface area contributed by atoms with Gasteiger partial charge in [-0.25, -0.2) is 9.18 Å². The second kappa shape index (κ2) is 11.7. The van der Waals surface area contributed by atoms with Gasteiger partial charge in [0.25, 0.3) is 5.91 Å². The molecule has 0 bridgehead atoms. The molecule has 9 heteroatoms. The molecule has 1 atom stereocenters. The average molecular weight is 527 g/mol. The number of hydrogen-bond acceptors (Lipinski definition) is 6. The van der Waals surface area contributed by atoms with Gasteiger partial charge in [-0.15, -0.1) is 23.1 Å². The number of carbonyl (C=O) groups is 3. The van der Waals surface area contributed by atoms with E-state index in [1.165, 1.54) is 47.4 Å². The van der Waals surface area contributed by atoms with Crippen LogP contribution in [0.1, 0.15) is 51.4 Å². The van der Waals surface area contributed by atoms with Crippen molar-refractivity contribution in [2.45, 2.75) is 38.0 Å². The minimum absolute atomic E-state index is 0.136. The molecule has 0 radical (unpaired) electrons. The van der Waals surface area contributed by atoms with Crippen LogP contribution in [-0.2, 0) is 22.4 Å². The summed E-state index contributed by atoms with van der Waals surface area (Å²) in [6, 6.07) is 12.5. The number of esters is 1. The van der Waals surface area contributed by atoms with E-state index in [-0.39, 0.29) is 24.2 Å². The standard InChI is InChI=1S/C27H27FN2O4S2/c1-3-34-27(33)24-21-12-7-16(2)13-22(21)36-26(24)30-23(31)15-35-20-6-4-5-19(14-20)29-25(32)17-8-10-18(28)11-9-17/h4-6,8-11,14,16H,3,7,12-13,15H2,1-2H3,(H,29,32)(H,30,31). The van der Waals surface area contributed by atoms with Crippen LogP contribution in [-0.4, -0.2) is 30.1 Å². The zero-order valence-electron chi connectivity index (χ0n) is 20.1. The fraction of sp³-hybridized carbons (Fsp3) is 0.296. The Kier molecular flexibility index (Phi) is 8.43. The van der Waals surface area contributed by atoms with Crippen LogP contribution in [0.5, 0.6) is 0 Å². The summed E-state index contributed by atoms with van der Waals surface area (Å²) >= 11 is 2.79. The minimum atomic E-state index is -0.408. The molecule has 1 aliphatic rings. The summed E-state index contributed by atoms with van der Waals surface area (Å²) in [5.74, 6) is -0.695. The number of rotatable bonds is 8. The van der Waals surface area contributed by atoms with Crippen LogP contribution in [0, 0.1) is 11.7 Å². The molecular weight excluding hydrogens is 499 g/mol. The van der Waals surface area contributed by atoms with Crippen LogP contribution in [0.4, 0.5) is 15.1 Å². The maximum atomic E-state index is 13.1. The first-order valence-electron chi connectivity index (χ1n) is 11.7. The lowest BCUT2D eigenvalue weighted by Gasteiger charge is -2.18.